The van der Waals surface area contributed by atoms with Crippen LogP contribution in [0.15, 0.2) is 48.5 Å². The maximum atomic E-state index is 9.96. The lowest BCUT2D eigenvalue weighted by Crippen LogP contribution is -2.38. The Morgan fingerprint density at radius 1 is 1.20 bits per heavy atom. The molecule has 4 heteroatoms. The van der Waals surface area contributed by atoms with E-state index in [1.165, 1.54) is 0 Å². The van der Waals surface area contributed by atoms with E-state index in [-0.39, 0.29) is 0 Å². The van der Waals surface area contributed by atoms with Crippen molar-refractivity contribution >= 4 is 22.6 Å². The monoisotopic (exact) mass is 287 g/mol. The largest absolute Gasteiger partial charge is 0.381 e. The highest BCUT2D eigenvalue weighted by Crippen LogP contribution is 2.16. The van der Waals surface area contributed by atoms with Crippen molar-refractivity contribution in [2.45, 2.75) is 19.6 Å². The summed E-state index contributed by atoms with van der Waals surface area (Å²) in [5.74, 6) is 0.797. The number of aromatic amines is 1. The number of hydrogen-bond acceptors (Lipinski definition) is 1. The fraction of sp³-hybridized carbons (Fsp3) is 0.188. The Balaban J connectivity index is 2.11. The molecule has 1 aromatic heterocycles. The molecule has 0 bridgehead atoms. The predicted molar refractivity (Wildman–Crippen MR) is 79.7 cm³/mol. The van der Waals surface area contributed by atoms with E-state index in [1.54, 1.807) is 6.92 Å². The van der Waals surface area contributed by atoms with Crippen molar-refractivity contribution in [2.75, 3.05) is 0 Å². The summed E-state index contributed by atoms with van der Waals surface area (Å²) in [6, 6.07) is 15.8. The van der Waals surface area contributed by atoms with Gasteiger partial charge in [-0.1, -0.05) is 35.9 Å². The van der Waals surface area contributed by atoms with Crippen LogP contribution in [0.4, 0.5) is 0 Å². The first-order chi connectivity index (χ1) is 9.65. The number of aliphatic hydroxyl groups is 1. The SMILES string of the molecule is CC(O)c1[nH]c2ccccc2[n+]1Cc1cccc(Cl)c1. The second kappa shape index (κ2) is 5.27. The maximum Gasteiger partial charge on any atom is 0.284 e. The molecule has 0 saturated heterocycles. The molecule has 20 heavy (non-hydrogen) atoms. The molecule has 2 N–H and O–H groups in total. The van der Waals surface area contributed by atoms with Crippen LogP contribution in [0.1, 0.15) is 24.4 Å². The highest BCUT2D eigenvalue weighted by atomic mass is 35.5. The molecule has 3 rings (SSSR count). The van der Waals surface area contributed by atoms with Crippen LogP contribution in [0.3, 0.4) is 0 Å². The third-order valence-corrected chi connectivity index (χ3v) is 3.61. The number of hydrogen-bond donors (Lipinski definition) is 2. The lowest BCUT2D eigenvalue weighted by atomic mass is 10.2. The Bertz CT molecular complexity index is 749. The van der Waals surface area contributed by atoms with Crippen molar-refractivity contribution in [2.24, 2.45) is 0 Å². The van der Waals surface area contributed by atoms with Gasteiger partial charge < -0.3 is 5.11 Å². The van der Waals surface area contributed by atoms with Gasteiger partial charge in [-0.15, -0.1) is 0 Å². The number of H-pyrrole nitrogens is 1. The number of benzene rings is 2. The van der Waals surface area contributed by atoms with E-state index in [0.717, 1.165) is 27.4 Å². The van der Waals surface area contributed by atoms with Crippen LogP contribution in [0.2, 0.25) is 5.02 Å². The molecule has 0 spiro atoms. The Morgan fingerprint density at radius 2 is 2.00 bits per heavy atom. The fourth-order valence-corrected chi connectivity index (χ4v) is 2.68. The van der Waals surface area contributed by atoms with Gasteiger partial charge in [-0.2, -0.15) is 0 Å². The summed E-state index contributed by atoms with van der Waals surface area (Å²) >= 11 is 6.04. The Kier molecular flexibility index (Phi) is 3.47. The van der Waals surface area contributed by atoms with Crippen LogP contribution in [-0.4, -0.2) is 10.1 Å². The van der Waals surface area contributed by atoms with Gasteiger partial charge in [0, 0.05) is 5.02 Å². The zero-order chi connectivity index (χ0) is 14.1. The van der Waals surface area contributed by atoms with E-state index in [9.17, 15) is 5.11 Å². The number of fused-ring (bicyclic) bond motifs is 1. The molecule has 0 aliphatic carbocycles. The highest BCUT2D eigenvalue weighted by Gasteiger charge is 2.22. The lowest BCUT2D eigenvalue weighted by Gasteiger charge is -2.04. The van der Waals surface area contributed by atoms with Crippen LogP contribution in [0, 0.1) is 0 Å². The third kappa shape index (κ3) is 2.42. The smallest absolute Gasteiger partial charge is 0.284 e. The molecule has 2 aromatic carbocycles. The van der Waals surface area contributed by atoms with Crippen LogP contribution in [0.5, 0.6) is 0 Å². The number of halogens is 1. The molecule has 0 aliphatic rings. The molecule has 0 aliphatic heterocycles. The molecule has 1 heterocycles. The van der Waals surface area contributed by atoms with Crippen molar-refractivity contribution in [3.05, 3.63) is 64.9 Å². The second-order valence-electron chi connectivity index (χ2n) is 4.92. The predicted octanol–water partition coefficient (Wildman–Crippen LogP) is 3.21. The number of aliphatic hydroxyl groups excluding tert-OH is 1. The molecule has 1 atom stereocenters. The number of aromatic nitrogens is 2. The van der Waals surface area contributed by atoms with Gasteiger partial charge in [-0.25, -0.2) is 9.55 Å². The van der Waals surface area contributed by atoms with E-state index in [0.29, 0.717) is 6.54 Å². The first-order valence-corrected chi connectivity index (χ1v) is 6.96. The maximum absolute atomic E-state index is 9.96. The van der Waals surface area contributed by atoms with Crippen LogP contribution in [0.25, 0.3) is 11.0 Å². The molecule has 0 amide bonds. The Hall–Kier alpha value is -1.84. The van der Waals surface area contributed by atoms with Crippen LogP contribution >= 0.6 is 11.6 Å². The summed E-state index contributed by atoms with van der Waals surface area (Å²) in [4.78, 5) is 3.28. The summed E-state index contributed by atoms with van der Waals surface area (Å²) in [6.45, 7) is 2.43. The van der Waals surface area contributed by atoms with Crippen molar-refractivity contribution in [1.29, 1.82) is 0 Å². The van der Waals surface area contributed by atoms with Gasteiger partial charge in [0.2, 0.25) is 0 Å². The van der Waals surface area contributed by atoms with E-state index in [1.807, 2.05) is 48.5 Å². The van der Waals surface area contributed by atoms with Crippen LogP contribution in [-0.2, 0) is 6.54 Å². The molecule has 0 saturated carbocycles. The van der Waals surface area contributed by atoms with Crippen LogP contribution < -0.4 is 4.57 Å². The molecule has 102 valence electrons. The average molecular weight is 288 g/mol. The molecular weight excluding hydrogens is 272 g/mol. The standard InChI is InChI=1S/C16H15ClN2O/c1-11(20)16-18-14-7-2-3-8-15(14)19(16)10-12-5-4-6-13(17)9-12/h2-9,11,20H,10H2,1H3/p+1. The zero-order valence-electron chi connectivity index (χ0n) is 11.2. The number of imidazole rings is 1. The Labute approximate surface area is 122 Å². The number of nitrogens with zero attached hydrogens (tertiary/aromatic N) is 1. The van der Waals surface area contributed by atoms with Crippen molar-refractivity contribution < 1.29 is 9.67 Å². The fourth-order valence-electron chi connectivity index (χ4n) is 2.47. The van der Waals surface area contributed by atoms with Gasteiger partial charge in [0.05, 0.1) is 0 Å². The minimum atomic E-state index is -0.554. The third-order valence-electron chi connectivity index (χ3n) is 3.37. The lowest BCUT2D eigenvalue weighted by molar-refractivity contribution is -0.673. The molecule has 3 aromatic rings. The van der Waals surface area contributed by atoms with Gasteiger partial charge in [0.1, 0.15) is 6.54 Å². The summed E-state index contributed by atoms with van der Waals surface area (Å²) in [5, 5.41) is 10.7. The summed E-state index contributed by atoms with van der Waals surface area (Å²) < 4.78 is 2.09. The summed E-state index contributed by atoms with van der Waals surface area (Å²) in [7, 11) is 0. The molecule has 0 fully saturated rings. The number of rotatable bonds is 3. The molecule has 1 unspecified atom stereocenters. The van der Waals surface area contributed by atoms with Crippen molar-refractivity contribution in [1.82, 2.24) is 4.98 Å². The average Bonchev–Trinajstić information content (AvgIpc) is 2.78. The van der Waals surface area contributed by atoms with E-state index in [4.69, 9.17) is 11.6 Å². The first kappa shape index (κ1) is 13.2. The Morgan fingerprint density at radius 3 is 2.75 bits per heavy atom. The summed E-state index contributed by atoms with van der Waals surface area (Å²) in [6.07, 6.45) is -0.554. The van der Waals surface area contributed by atoms with Crippen molar-refractivity contribution in [3.8, 4) is 0 Å². The highest BCUT2D eigenvalue weighted by molar-refractivity contribution is 6.30. The van der Waals surface area contributed by atoms with Gasteiger partial charge >= 0.3 is 0 Å². The van der Waals surface area contributed by atoms with E-state index >= 15 is 0 Å². The number of nitrogens with one attached hydrogen (secondary N) is 1. The minimum Gasteiger partial charge on any atom is -0.381 e. The normalized spacial score (nSPS) is 12.8. The first-order valence-electron chi connectivity index (χ1n) is 6.58. The van der Waals surface area contributed by atoms with E-state index < -0.39 is 6.10 Å². The van der Waals surface area contributed by atoms with Gasteiger partial charge in [-0.3, -0.25) is 0 Å². The number of para-hydroxylation sites is 2. The van der Waals surface area contributed by atoms with Crippen molar-refractivity contribution in [3.63, 3.8) is 0 Å². The topological polar surface area (TPSA) is 39.9 Å². The quantitative estimate of drug-likeness (QED) is 0.714. The van der Waals surface area contributed by atoms with Gasteiger partial charge in [0.15, 0.2) is 17.1 Å². The minimum absolute atomic E-state index is 0.554. The zero-order valence-corrected chi connectivity index (χ0v) is 11.9. The molecular formula is C16H16ClN2O+. The molecule has 0 radical (unpaired) electrons. The molecule has 3 nitrogen and oxygen atoms in total. The van der Waals surface area contributed by atoms with Gasteiger partial charge in [0.25, 0.3) is 5.82 Å². The van der Waals surface area contributed by atoms with E-state index in [2.05, 4.69) is 9.55 Å². The second-order valence-corrected chi connectivity index (χ2v) is 5.36. The summed E-state index contributed by atoms with van der Waals surface area (Å²) in [5.41, 5.74) is 3.20. The van der Waals surface area contributed by atoms with Gasteiger partial charge in [-0.05, 0) is 36.8 Å².